The molecule has 2 aromatic rings. The fourth-order valence-corrected chi connectivity index (χ4v) is 3.80. The van der Waals surface area contributed by atoms with Gasteiger partial charge >= 0.3 is 0 Å². The number of nitrogen functional groups attached to an aromatic ring is 1. The summed E-state index contributed by atoms with van der Waals surface area (Å²) in [5, 5.41) is 3.60. The van der Waals surface area contributed by atoms with Crippen LogP contribution in [0.3, 0.4) is 0 Å². The third kappa shape index (κ3) is 3.80. The summed E-state index contributed by atoms with van der Waals surface area (Å²) in [5.41, 5.74) is 7.25. The van der Waals surface area contributed by atoms with Crippen LogP contribution < -0.4 is 11.1 Å². The second kappa shape index (κ2) is 6.83. The van der Waals surface area contributed by atoms with Crippen LogP contribution in [0.1, 0.15) is 36.2 Å². The van der Waals surface area contributed by atoms with Crippen LogP contribution in [-0.2, 0) is 0 Å². The number of carbonyl (C=O) groups is 1. The van der Waals surface area contributed by atoms with Gasteiger partial charge in [-0.3, -0.25) is 4.79 Å². The van der Waals surface area contributed by atoms with Crippen molar-refractivity contribution < 1.29 is 4.79 Å². The van der Waals surface area contributed by atoms with Crippen molar-refractivity contribution in [1.82, 2.24) is 4.98 Å². The minimum absolute atomic E-state index is 0.226. The Hall–Kier alpha value is -2.01. The number of pyridine rings is 1. The molecule has 0 atom stereocenters. The van der Waals surface area contributed by atoms with Crippen LogP contribution in [0.4, 0.5) is 11.4 Å². The van der Waals surface area contributed by atoms with E-state index in [1.807, 2.05) is 23.9 Å². The van der Waals surface area contributed by atoms with Crippen molar-refractivity contribution in [3.63, 3.8) is 0 Å². The average Bonchev–Trinajstić information content (AvgIpc) is 3.03. The predicted molar refractivity (Wildman–Crippen MR) is 91.2 cm³/mol. The van der Waals surface area contributed by atoms with Crippen molar-refractivity contribution in [3.05, 3.63) is 48.3 Å². The zero-order valence-electron chi connectivity index (χ0n) is 12.3. The highest BCUT2D eigenvalue weighted by molar-refractivity contribution is 8.00. The minimum Gasteiger partial charge on any atom is -0.397 e. The van der Waals surface area contributed by atoms with Crippen molar-refractivity contribution in [2.75, 3.05) is 11.1 Å². The number of hydrogen-bond acceptors (Lipinski definition) is 4. The third-order valence-corrected chi connectivity index (χ3v) is 5.09. The normalized spacial score (nSPS) is 14.9. The lowest BCUT2D eigenvalue weighted by molar-refractivity contribution is 0.102. The van der Waals surface area contributed by atoms with Gasteiger partial charge in [-0.1, -0.05) is 12.8 Å². The molecule has 1 fully saturated rings. The Morgan fingerprint density at radius 1 is 1.14 bits per heavy atom. The number of hydrogen-bond donors (Lipinski definition) is 2. The highest BCUT2D eigenvalue weighted by Gasteiger charge is 2.16. The van der Waals surface area contributed by atoms with Gasteiger partial charge in [0.25, 0.3) is 5.91 Å². The monoisotopic (exact) mass is 313 g/mol. The number of anilines is 2. The molecule has 0 radical (unpaired) electrons. The van der Waals surface area contributed by atoms with E-state index in [4.69, 9.17) is 5.73 Å². The van der Waals surface area contributed by atoms with Gasteiger partial charge in [0.2, 0.25) is 0 Å². The molecular formula is C17H19N3OS. The summed E-state index contributed by atoms with van der Waals surface area (Å²) in [6.07, 6.45) is 6.80. The minimum atomic E-state index is -0.226. The standard InChI is InChI=1S/C17H19N3OS/c18-12-5-10-16(19-11-12)17(21)20-13-6-8-15(9-7-13)22-14-3-1-2-4-14/h5-11,14H,1-4,18H2,(H,20,21). The number of aromatic nitrogens is 1. The van der Waals surface area contributed by atoms with E-state index in [2.05, 4.69) is 22.4 Å². The van der Waals surface area contributed by atoms with Crippen molar-refractivity contribution in [1.29, 1.82) is 0 Å². The Morgan fingerprint density at radius 2 is 1.86 bits per heavy atom. The molecule has 22 heavy (non-hydrogen) atoms. The maximum atomic E-state index is 12.1. The first kappa shape index (κ1) is 14.9. The van der Waals surface area contributed by atoms with Crippen LogP contribution in [0, 0.1) is 0 Å². The molecule has 1 saturated carbocycles. The molecule has 0 aliphatic heterocycles. The predicted octanol–water partition coefficient (Wildman–Crippen LogP) is 3.95. The number of benzene rings is 1. The number of carbonyl (C=O) groups excluding carboxylic acids is 1. The summed E-state index contributed by atoms with van der Waals surface area (Å²) in [5.74, 6) is -0.226. The number of nitrogens with two attached hydrogens (primary N) is 1. The molecule has 5 heteroatoms. The van der Waals surface area contributed by atoms with Gasteiger partial charge in [0, 0.05) is 15.8 Å². The Bertz CT molecular complexity index is 634. The van der Waals surface area contributed by atoms with Gasteiger partial charge in [-0.15, -0.1) is 11.8 Å². The van der Waals surface area contributed by atoms with E-state index in [0.717, 1.165) is 10.9 Å². The van der Waals surface area contributed by atoms with Crippen molar-refractivity contribution in [2.24, 2.45) is 0 Å². The summed E-state index contributed by atoms with van der Waals surface area (Å²) < 4.78 is 0. The summed E-state index contributed by atoms with van der Waals surface area (Å²) in [6, 6.07) is 11.3. The molecule has 3 N–H and O–H groups in total. The van der Waals surface area contributed by atoms with Crippen LogP contribution in [0.15, 0.2) is 47.5 Å². The van der Waals surface area contributed by atoms with E-state index < -0.39 is 0 Å². The molecule has 1 aromatic carbocycles. The van der Waals surface area contributed by atoms with Gasteiger partial charge in [0.1, 0.15) is 5.69 Å². The lowest BCUT2D eigenvalue weighted by atomic mass is 10.3. The highest BCUT2D eigenvalue weighted by atomic mass is 32.2. The van der Waals surface area contributed by atoms with E-state index >= 15 is 0 Å². The van der Waals surface area contributed by atoms with Gasteiger partial charge < -0.3 is 11.1 Å². The van der Waals surface area contributed by atoms with Crippen molar-refractivity contribution in [3.8, 4) is 0 Å². The van der Waals surface area contributed by atoms with E-state index in [-0.39, 0.29) is 5.91 Å². The Morgan fingerprint density at radius 3 is 2.50 bits per heavy atom. The fraction of sp³-hybridized carbons (Fsp3) is 0.294. The van der Waals surface area contributed by atoms with Crippen molar-refractivity contribution >= 4 is 29.0 Å². The largest absolute Gasteiger partial charge is 0.397 e. The van der Waals surface area contributed by atoms with Crippen LogP contribution in [0.5, 0.6) is 0 Å². The van der Waals surface area contributed by atoms with Gasteiger partial charge in [-0.05, 0) is 49.2 Å². The smallest absolute Gasteiger partial charge is 0.274 e. The zero-order chi connectivity index (χ0) is 15.4. The third-order valence-electron chi connectivity index (χ3n) is 3.74. The average molecular weight is 313 g/mol. The lowest BCUT2D eigenvalue weighted by Crippen LogP contribution is -2.13. The molecule has 1 aliphatic carbocycles. The van der Waals surface area contributed by atoms with Gasteiger partial charge in [0.05, 0.1) is 11.9 Å². The molecule has 0 spiro atoms. The van der Waals surface area contributed by atoms with Crippen LogP contribution in [-0.4, -0.2) is 16.1 Å². The molecule has 114 valence electrons. The Balaban J connectivity index is 1.60. The number of thioether (sulfide) groups is 1. The van der Waals surface area contributed by atoms with Crippen LogP contribution >= 0.6 is 11.8 Å². The van der Waals surface area contributed by atoms with Gasteiger partial charge in [-0.2, -0.15) is 0 Å². The second-order valence-corrected chi connectivity index (χ2v) is 6.85. The van der Waals surface area contributed by atoms with Crippen LogP contribution in [0.2, 0.25) is 0 Å². The molecule has 1 aromatic heterocycles. The highest BCUT2D eigenvalue weighted by Crippen LogP contribution is 2.34. The maximum Gasteiger partial charge on any atom is 0.274 e. The van der Waals surface area contributed by atoms with Crippen LogP contribution in [0.25, 0.3) is 0 Å². The molecule has 3 rings (SSSR count). The quantitative estimate of drug-likeness (QED) is 0.897. The molecule has 1 amide bonds. The first-order chi connectivity index (χ1) is 10.7. The Labute approximate surface area is 134 Å². The molecule has 0 saturated heterocycles. The molecule has 0 unspecified atom stereocenters. The summed E-state index contributed by atoms with van der Waals surface area (Å²) in [7, 11) is 0. The van der Waals surface area contributed by atoms with E-state index in [1.54, 1.807) is 12.1 Å². The number of rotatable bonds is 4. The zero-order valence-corrected chi connectivity index (χ0v) is 13.1. The SMILES string of the molecule is Nc1ccc(C(=O)Nc2ccc(SC3CCCC3)cc2)nc1. The van der Waals surface area contributed by atoms with Gasteiger partial charge in [0.15, 0.2) is 0 Å². The molecule has 1 heterocycles. The maximum absolute atomic E-state index is 12.1. The number of amides is 1. The molecular weight excluding hydrogens is 294 g/mol. The molecule has 0 bridgehead atoms. The summed E-state index contributed by atoms with van der Waals surface area (Å²) in [4.78, 5) is 17.3. The molecule has 4 nitrogen and oxygen atoms in total. The molecule has 1 aliphatic rings. The van der Waals surface area contributed by atoms with Crippen molar-refractivity contribution in [2.45, 2.75) is 35.8 Å². The fourth-order valence-electron chi connectivity index (χ4n) is 2.55. The topological polar surface area (TPSA) is 68.0 Å². The Kier molecular flexibility index (Phi) is 4.63. The number of nitrogens with one attached hydrogen (secondary N) is 1. The first-order valence-corrected chi connectivity index (χ1v) is 8.38. The lowest BCUT2D eigenvalue weighted by Gasteiger charge is -2.10. The van der Waals surface area contributed by atoms with Gasteiger partial charge in [-0.25, -0.2) is 4.98 Å². The summed E-state index contributed by atoms with van der Waals surface area (Å²) in [6.45, 7) is 0. The van der Waals surface area contributed by atoms with E-state index in [1.165, 1.54) is 36.8 Å². The second-order valence-electron chi connectivity index (χ2n) is 5.48. The first-order valence-electron chi connectivity index (χ1n) is 7.50. The van der Waals surface area contributed by atoms with E-state index in [0.29, 0.717) is 11.4 Å². The number of nitrogens with zero attached hydrogens (tertiary/aromatic N) is 1. The summed E-state index contributed by atoms with van der Waals surface area (Å²) >= 11 is 1.94. The van der Waals surface area contributed by atoms with E-state index in [9.17, 15) is 4.79 Å².